The lowest BCUT2D eigenvalue weighted by Gasteiger charge is -2.26. The highest BCUT2D eigenvalue weighted by Gasteiger charge is 2.42. The predicted octanol–water partition coefficient (Wildman–Crippen LogP) is 0.620. The fourth-order valence-corrected chi connectivity index (χ4v) is 2.32. The number of carboxylic acid groups (broad SMARTS) is 1. The Balaban J connectivity index is 2.71. The molecule has 0 heterocycles. The second kappa shape index (κ2) is 5.04. The van der Waals surface area contributed by atoms with Gasteiger partial charge in [-0.15, -0.1) is 0 Å². The minimum atomic E-state index is -0.906. The van der Waals surface area contributed by atoms with Gasteiger partial charge in [-0.2, -0.15) is 0 Å². The third kappa shape index (κ3) is 3.43. The Morgan fingerprint density at radius 1 is 1.29 bits per heavy atom. The largest absolute Gasteiger partial charge is 0.481 e. The number of aliphatic carboxylic acids is 1. The van der Waals surface area contributed by atoms with Crippen LogP contribution in [-0.2, 0) is 9.59 Å². The molecule has 1 amide bonds. The molecule has 5 heteroatoms. The zero-order valence-corrected chi connectivity index (χ0v) is 10.6. The van der Waals surface area contributed by atoms with E-state index in [-0.39, 0.29) is 18.4 Å². The Kier molecular flexibility index (Phi) is 4.14. The number of amides is 1. The Labute approximate surface area is 101 Å². The molecule has 3 atom stereocenters. The Bertz CT molecular complexity index is 314. The zero-order valence-electron chi connectivity index (χ0n) is 10.6. The molecule has 1 saturated carbocycles. The molecule has 98 valence electrons. The topological polar surface area (TPSA) is 86.6 Å². The molecule has 1 rings (SSSR count). The van der Waals surface area contributed by atoms with Crippen molar-refractivity contribution >= 4 is 11.9 Å². The summed E-state index contributed by atoms with van der Waals surface area (Å²) in [6, 6.07) is 0. The minimum absolute atomic E-state index is 0.168. The molecule has 0 aliphatic heterocycles. The van der Waals surface area contributed by atoms with Crippen molar-refractivity contribution < 1.29 is 19.8 Å². The van der Waals surface area contributed by atoms with Crippen molar-refractivity contribution in [3.05, 3.63) is 0 Å². The van der Waals surface area contributed by atoms with Crippen LogP contribution < -0.4 is 5.32 Å². The third-order valence-corrected chi connectivity index (χ3v) is 3.31. The van der Waals surface area contributed by atoms with Gasteiger partial charge in [-0.05, 0) is 32.6 Å². The van der Waals surface area contributed by atoms with E-state index in [0.717, 1.165) is 0 Å². The smallest absolute Gasteiger partial charge is 0.307 e. The van der Waals surface area contributed by atoms with E-state index in [0.29, 0.717) is 12.8 Å². The van der Waals surface area contributed by atoms with Crippen molar-refractivity contribution in [3.63, 3.8) is 0 Å². The maximum atomic E-state index is 12.0. The molecule has 0 radical (unpaired) electrons. The number of aliphatic hydroxyl groups is 1. The quantitative estimate of drug-likeness (QED) is 0.675. The molecule has 0 aromatic heterocycles. The summed E-state index contributed by atoms with van der Waals surface area (Å²) in [6.07, 6.45) is 1.15. The maximum Gasteiger partial charge on any atom is 0.307 e. The van der Waals surface area contributed by atoms with E-state index in [1.807, 2.05) is 6.92 Å². The van der Waals surface area contributed by atoms with Gasteiger partial charge in [-0.25, -0.2) is 0 Å². The molecule has 0 aromatic carbocycles. The second-order valence-corrected chi connectivity index (χ2v) is 5.66. The number of carbonyl (C=O) groups is 2. The molecule has 5 nitrogen and oxygen atoms in total. The first kappa shape index (κ1) is 14.0. The molecule has 0 saturated heterocycles. The molecule has 1 unspecified atom stereocenters. The highest BCUT2D eigenvalue weighted by atomic mass is 16.4. The Morgan fingerprint density at radius 3 is 2.29 bits per heavy atom. The van der Waals surface area contributed by atoms with Gasteiger partial charge < -0.3 is 15.5 Å². The number of rotatable bonds is 4. The van der Waals surface area contributed by atoms with Crippen LogP contribution in [0.2, 0.25) is 0 Å². The summed E-state index contributed by atoms with van der Waals surface area (Å²) in [6.45, 7) is 5.21. The van der Waals surface area contributed by atoms with Gasteiger partial charge >= 0.3 is 5.97 Å². The molecule has 0 bridgehead atoms. The van der Waals surface area contributed by atoms with E-state index in [2.05, 4.69) is 5.32 Å². The second-order valence-electron chi connectivity index (χ2n) is 5.66. The molecular weight excluding hydrogens is 222 g/mol. The Hall–Kier alpha value is -1.10. The van der Waals surface area contributed by atoms with Gasteiger partial charge in [0.2, 0.25) is 5.91 Å². The first-order valence-corrected chi connectivity index (χ1v) is 5.92. The summed E-state index contributed by atoms with van der Waals surface area (Å²) in [5.74, 6) is -1.99. The van der Waals surface area contributed by atoms with Crippen molar-refractivity contribution in [1.82, 2.24) is 5.32 Å². The predicted molar refractivity (Wildman–Crippen MR) is 62.3 cm³/mol. The third-order valence-electron chi connectivity index (χ3n) is 3.31. The summed E-state index contributed by atoms with van der Waals surface area (Å²) in [7, 11) is 0. The summed E-state index contributed by atoms with van der Waals surface area (Å²) in [5, 5.41) is 20.9. The van der Waals surface area contributed by atoms with Crippen LogP contribution in [0.15, 0.2) is 0 Å². The van der Waals surface area contributed by atoms with Gasteiger partial charge in [0, 0.05) is 0 Å². The summed E-state index contributed by atoms with van der Waals surface area (Å²) in [4.78, 5) is 23.1. The highest BCUT2D eigenvalue weighted by Crippen LogP contribution is 2.36. The SMILES string of the molecule is CC1C[C@H](C(=O)NC(C)(C)CO)[C@H](C(=O)O)C1. The lowest BCUT2D eigenvalue weighted by atomic mass is 9.94. The number of carbonyl (C=O) groups excluding carboxylic acids is 1. The first-order valence-electron chi connectivity index (χ1n) is 5.92. The van der Waals surface area contributed by atoms with E-state index in [1.165, 1.54) is 0 Å². The lowest BCUT2D eigenvalue weighted by Crippen LogP contribution is -2.49. The number of nitrogens with one attached hydrogen (secondary N) is 1. The lowest BCUT2D eigenvalue weighted by molar-refractivity contribution is -0.146. The van der Waals surface area contributed by atoms with Gasteiger partial charge in [0.25, 0.3) is 0 Å². The van der Waals surface area contributed by atoms with E-state index in [4.69, 9.17) is 10.2 Å². The van der Waals surface area contributed by atoms with Crippen molar-refractivity contribution in [2.24, 2.45) is 17.8 Å². The van der Waals surface area contributed by atoms with E-state index >= 15 is 0 Å². The van der Waals surface area contributed by atoms with Crippen LogP contribution >= 0.6 is 0 Å². The van der Waals surface area contributed by atoms with E-state index in [1.54, 1.807) is 13.8 Å². The van der Waals surface area contributed by atoms with E-state index in [9.17, 15) is 9.59 Å². The monoisotopic (exact) mass is 243 g/mol. The van der Waals surface area contributed by atoms with Gasteiger partial charge in [0.1, 0.15) is 0 Å². The van der Waals surface area contributed by atoms with Crippen LogP contribution in [0.4, 0.5) is 0 Å². The van der Waals surface area contributed by atoms with Crippen LogP contribution in [0.25, 0.3) is 0 Å². The van der Waals surface area contributed by atoms with Crippen molar-refractivity contribution in [2.75, 3.05) is 6.61 Å². The van der Waals surface area contributed by atoms with Gasteiger partial charge in [0.05, 0.1) is 24.0 Å². The fourth-order valence-electron chi connectivity index (χ4n) is 2.32. The first-order chi connectivity index (χ1) is 7.76. The molecule has 0 spiro atoms. The fraction of sp³-hybridized carbons (Fsp3) is 0.833. The molecular formula is C12H21NO4. The molecule has 3 N–H and O–H groups in total. The average molecular weight is 243 g/mol. The number of hydrogen-bond acceptors (Lipinski definition) is 3. The summed E-state index contributed by atoms with van der Waals surface area (Å²) >= 11 is 0. The molecule has 17 heavy (non-hydrogen) atoms. The van der Waals surface area contributed by atoms with Crippen molar-refractivity contribution in [2.45, 2.75) is 39.2 Å². The van der Waals surface area contributed by atoms with Crippen LogP contribution in [-0.4, -0.2) is 34.2 Å². The van der Waals surface area contributed by atoms with Gasteiger partial charge in [-0.3, -0.25) is 9.59 Å². The zero-order chi connectivity index (χ0) is 13.2. The van der Waals surface area contributed by atoms with Crippen molar-refractivity contribution in [3.8, 4) is 0 Å². The number of hydrogen-bond donors (Lipinski definition) is 3. The summed E-state index contributed by atoms with van der Waals surface area (Å²) < 4.78 is 0. The van der Waals surface area contributed by atoms with E-state index < -0.39 is 23.3 Å². The molecule has 0 aromatic rings. The van der Waals surface area contributed by atoms with Crippen LogP contribution in [0.1, 0.15) is 33.6 Å². The molecule has 1 aliphatic carbocycles. The van der Waals surface area contributed by atoms with Crippen LogP contribution in [0.5, 0.6) is 0 Å². The molecule has 1 aliphatic rings. The minimum Gasteiger partial charge on any atom is -0.481 e. The van der Waals surface area contributed by atoms with Crippen LogP contribution in [0, 0.1) is 17.8 Å². The van der Waals surface area contributed by atoms with Crippen molar-refractivity contribution in [1.29, 1.82) is 0 Å². The summed E-state index contributed by atoms with van der Waals surface area (Å²) in [5.41, 5.74) is -0.702. The standard InChI is InChI=1S/C12H21NO4/c1-7-4-8(9(5-7)11(16)17)10(15)13-12(2,3)6-14/h7-9,14H,4-6H2,1-3H3,(H,13,15)(H,16,17)/t7?,8-,9+/m0/s1. The van der Waals surface area contributed by atoms with Crippen LogP contribution in [0.3, 0.4) is 0 Å². The molecule has 1 fully saturated rings. The number of carboxylic acids is 1. The highest BCUT2D eigenvalue weighted by molar-refractivity contribution is 5.85. The van der Waals surface area contributed by atoms with Gasteiger partial charge in [0.15, 0.2) is 0 Å². The normalized spacial score (nSPS) is 29.1. The van der Waals surface area contributed by atoms with Gasteiger partial charge in [-0.1, -0.05) is 6.92 Å². The average Bonchev–Trinajstić information content (AvgIpc) is 2.60. The number of aliphatic hydroxyl groups excluding tert-OH is 1. The Morgan fingerprint density at radius 2 is 1.82 bits per heavy atom. The maximum absolute atomic E-state index is 12.0.